The van der Waals surface area contributed by atoms with Crippen LogP contribution in [-0.4, -0.2) is 286 Å². The van der Waals surface area contributed by atoms with Gasteiger partial charge in [0.25, 0.3) is 23.5 Å². The lowest BCUT2D eigenvalue weighted by Crippen LogP contribution is -2.44. The molecule has 14 N–H and O–H groups in total. The number of carbonyl (C=O) groups excluding carboxylic acids is 6. The molecule has 20 rings (SSSR count). The zero-order valence-electron chi connectivity index (χ0n) is 77.5. The third kappa shape index (κ3) is 23.1. The molecular weight excluding hydrogens is 1840 g/mol. The number of pyridine rings is 6. The fourth-order valence-corrected chi connectivity index (χ4v) is 15.1. The van der Waals surface area contributed by atoms with Crippen LogP contribution in [0.15, 0.2) is 317 Å². The smallest absolute Gasteiger partial charge is 0.260 e. The van der Waals surface area contributed by atoms with E-state index in [4.69, 9.17) is 94.1 Å². The summed E-state index contributed by atoms with van der Waals surface area (Å²) in [7, 11) is 4.24. The number of nitrogens with two attached hydrogens (primary N) is 4. The number of carbonyl (C=O) groups is 6. The summed E-state index contributed by atoms with van der Waals surface area (Å²) in [5.74, 6) is 1.01. The predicted octanol–water partition coefficient (Wildman–Crippen LogP) is 8.25. The molecule has 42 nitrogen and oxygen atoms in total. The number of nitrogens with zero attached hydrogens (tertiary/aromatic N) is 22. The molecule has 12 aromatic rings. The van der Waals surface area contributed by atoms with E-state index in [2.05, 4.69) is 74.1 Å². The number of aliphatic hydroxyl groups is 6. The number of aliphatic imine (C=N–C) groups is 6. The molecule has 43 heteroatoms. The van der Waals surface area contributed by atoms with E-state index in [-0.39, 0.29) is 156 Å². The lowest BCUT2D eigenvalue weighted by molar-refractivity contribution is -0.112. The molecule has 12 aromatic heterocycles. The maximum atomic E-state index is 12.0. The SMILES string of the molecule is CC1=C(O)C(=Nc2c(OCCO)nn3ccccc23)C=CC1=O.CC1=CC(=Nc2c(N3CCN(C)CC3)nn3ccccc23)C(N)=C(Cl)C1=O.CC1=CC(=Nc2c(N3CCN(C)CC3)nn3ccccc23)C(N)=CC1=O.NC1=CC(=O)C(=Nc2c(OCCO)nn3ccccc23)C=C1.NC1=CC(=O)C=CC1=Nc1c(OCCO)nn2ccccc12.O=C1C=CC(=Nc2c(OCCO)nn3ccccc23)C(O)=C1. The number of hydrogen-bond donors (Lipinski definition) is 10. The van der Waals surface area contributed by atoms with Crippen molar-refractivity contribution in [2.45, 2.75) is 20.8 Å². The number of anilines is 2. The van der Waals surface area contributed by atoms with E-state index in [0.717, 1.165) is 98.0 Å². The van der Waals surface area contributed by atoms with Crippen molar-refractivity contribution in [2.24, 2.45) is 52.9 Å². The van der Waals surface area contributed by atoms with E-state index >= 15 is 0 Å². The van der Waals surface area contributed by atoms with Gasteiger partial charge < -0.3 is 92.1 Å². The molecule has 0 atom stereocenters. The molecule has 2 fully saturated rings. The van der Waals surface area contributed by atoms with Gasteiger partial charge in [0.15, 0.2) is 57.5 Å². The van der Waals surface area contributed by atoms with Crippen molar-refractivity contribution in [3.63, 3.8) is 0 Å². The van der Waals surface area contributed by atoms with E-state index in [1.165, 1.54) is 55.5 Å². The van der Waals surface area contributed by atoms with Crippen molar-refractivity contribution in [3.05, 3.63) is 287 Å². The van der Waals surface area contributed by atoms with Crippen LogP contribution in [0.25, 0.3) is 33.1 Å². The first-order chi connectivity index (χ1) is 68.6. The van der Waals surface area contributed by atoms with Gasteiger partial charge in [-0.1, -0.05) is 48.0 Å². The zero-order valence-corrected chi connectivity index (χ0v) is 78.3. The van der Waals surface area contributed by atoms with Gasteiger partial charge in [-0.25, -0.2) is 57.0 Å². The van der Waals surface area contributed by atoms with E-state index in [9.17, 15) is 39.0 Å². The maximum absolute atomic E-state index is 12.0. The maximum Gasteiger partial charge on any atom is 0.260 e. The van der Waals surface area contributed by atoms with Crippen LogP contribution in [0.1, 0.15) is 20.8 Å². The molecule has 0 saturated carbocycles. The van der Waals surface area contributed by atoms with Crippen molar-refractivity contribution >= 4 is 159 Å². The Morgan fingerprint density at radius 1 is 0.352 bits per heavy atom. The van der Waals surface area contributed by atoms with Crippen molar-refractivity contribution in [1.29, 1.82) is 0 Å². The number of ether oxygens (including phenoxy) is 4. The van der Waals surface area contributed by atoms with Gasteiger partial charge in [0, 0.05) is 131 Å². The van der Waals surface area contributed by atoms with Crippen molar-refractivity contribution in [3.8, 4) is 23.5 Å². The second-order valence-corrected chi connectivity index (χ2v) is 32.7. The summed E-state index contributed by atoms with van der Waals surface area (Å²) in [4.78, 5) is 106. The van der Waals surface area contributed by atoms with Gasteiger partial charge in [0.2, 0.25) is 11.6 Å². The van der Waals surface area contributed by atoms with Crippen molar-refractivity contribution in [2.75, 3.05) is 129 Å². The van der Waals surface area contributed by atoms with Crippen LogP contribution in [0.4, 0.5) is 45.8 Å². The van der Waals surface area contributed by atoms with Gasteiger partial charge in [0.1, 0.15) is 71.5 Å². The summed E-state index contributed by atoms with van der Waals surface area (Å²) in [5.41, 5.74) is 36.4. The number of fused-ring (bicyclic) bond motifs is 6. The Labute approximate surface area is 814 Å². The van der Waals surface area contributed by atoms with Crippen molar-refractivity contribution in [1.82, 2.24) is 67.5 Å². The third-order valence-corrected chi connectivity index (χ3v) is 22.7. The average molecular weight is 1940 g/mol. The highest BCUT2D eigenvalue weighted by Crippen LogP contribution is 2.41. The molecular formula is C99H99ClN26O16. The van der Waals surface area contributed by atoms with Crippen LogP contribution in [0.5, 0.6) is 23.5 Å². The fraction of sp³-hybridized carbons (Fsp3) is 0.212. The molecule has 0 radical (unpaired) electrons. The first-order valence-corrected chi connectivity index (χ1v) is 45.0. The molecule has 8 aliphatic rings. The molecule has 728 valence electrons. The topological polar surface area (TPSA) is 556 Å². The number of Topliss-reactive ketones (excluding diaryl/α,β-unsaturated/α-hetero) is 1. The summed E-state index contributed by atoms with van der Waals surface area (Å²) >= 11 is 6.12. The van der Waals surface area contributed by atoms with Crippen LogP contribution >= 0.6 is 11.6 Å². The molecule has 6 aliphatic carbocycles. The Balaban J connectivity index is 0.000000129. The Kier molecular flexibility index (Phi) is 31.7. The van der Waals surface area contributed by atoms with Gasteiger partial charge in [-0.05, 0) is 174 Å². The molecule has 0 spiro atoms. The largest absolute Gasteiger partial charge is 0.506 e. The summed E-state index contributed by atoms with van der Waals surface area (Å²) < 4.78 is 31.7. The van der Waals surface area contributed by atoms with Gasteiger partial charge >= 0.3 is 0 Å². The Morgan fingerprint density at radius 2 is 0.697 bits per heavy atom. The molecule has 0 bridgehead atoms. The second-order valence-electron chi connectivity index (χ2n) is 32.3. The summed E-state index contributed by atoms with van der Waals surface area (Å²) in [6.07, 6.45) is 31.1. The number of rotatable bonds is 20. The molecule has 2 aliphatic heterocycles. The van der Waals surface area contributed by atoms with Gasteiger partial charge in [0.05, 0.1) is 93.8 Å². The van der Waals surface area contributed by atoms with Crippen LogP contribution in [0.2, 0.25) is 0 Å². The quantitative estimate of drug-likeness (QED) is 0.0253. The summed E-state index contributed by atoms with van der Waals surface area (Å²) in [6.45, 7) is 12.3. The lowest BCUT2D eigenvalue weighted by Gasteiger charge is -2.32. The molecule has 0 unspecified atom stereocenters. The Hall–Kier alpha value is -17.3. The normalized spacial score (nSPS) is 18.0. The standard InChI is InChI=1S/C19H21ClN6O.C19H22N6O.C16H15N3O4.2C15H14N4O3.C15H13N3O4/c1-12-11-13(16(21)15(20)18(12)27)22-17-14-5-3-4-6-26(14)23-19(17)25-9-7-24(2)8-10-25;1-13-11-15(14(20)12-17(13)26)21-18-16-5-3-4-6-25(16)22-19(18)24-9-7-23(2)8-10-24;1-10-13(21)6-5-11(15(10)22)17-14-12-4-2-3-7-19(12)18-16(14)23-9-8-20;16-11-9-10(21)4-5-12(11)17-14-13-3-1-2-6-19(13)18-15(14)22-8-7-20;16-10-4-5-11(13(21)9-10)17-14-12-3-1-2-6-19(12)18-15(14)22-8-7-20;19-7-8-22-15-14(12-3-1-2-6-18(12)17-15)16-11-5-4-10(20)9-13(11)21/h3-6,11H,7-10,21H2,1-2H3;3-6,11-12H,7-10,20H2,1-2H3;2-7,20,22H,8-9H2,1H3;2*1-6,9,20H,7-8,16H2;1-6,9,19,21H,7-8H2. The number of likely N-dealkylation sites (N-methyl/N-ethyl adjacent to an activating group) is 2. The van der Waals surface area contributed by atoms with Crippen LogP contribution in [-0.2, 0) is 28.8 Å². The predicted molar refractivity (Wildman–Crippen MR) is 537 cm³/mol. The van der Waals surface area contributed by atoms with E-state index in [0.29, 0.717) is 84.9 Å². The van der Waals surface area contributed by atoms with Gasteiger partial charge in [-0.3, -0.25) is 28.8 Å². The highest BCUT2D eigenvalue weighted by molar-refractivity contribution is 6.50. The minimum atomic E-state index is -0.298. The first-order valence-electron chi connectivity index (χ1n) is 44.6. The first kappa shape index (κ1) is 99.2. The van der Waals surface area contributed by atoms with E-state index in [1.807, 2.05) is 125 Å². The molecule has 0 amide bonds. The van der Waals surface area contributed by atoms with Gasteiger partial charge in [-0.2, -0.15) is 0 Å². The van der Waals surface area contributed by atoms with Crippen molar-refractivity contribution < 1.29 is 78.4 Å². The second kappa shape index (κ2) is 45.3. The van der Waals surface area contributed by atoms with Crippen LogP contribution in [0.3, 0.4) is 0 Å². The third-order valence-electron chi connectivity index (χ3n) is 22.3. The lowest BCUT2D eigenvalue weighted by atomic mass is 10.0. The van der Waals surface area contributed by atoms with E-state index < -0.39 is 0 Å². The Morgan fingerprint density at radius 3 is 1.11 bits per heavy atom. The van der Waals surface area contributed by atoms with Gasteiger partial charge in [-0.15, -0.1) is 30.6 Å². The number of halogens is 1. The minimum absolute atomic E-state index is 0.0198. The monoisotopic (exact) mass is 1940 g/mol. The number of allylic oxidation sites excluding steroid dienone is 18. The van der Waals surface area contributed by atoms with Crippen LogP contribution < -0.4 is 51.7 Å². The summed E-state index contributed by atoms with van der Waals surface area (Å²) in [6, 6.07) is 33.7. The number of ketones is 6. The molecule has 14 heterocycles. The molecule has 2 saturated heterocycles. The average Bonchev–Trinajstić information content (AvgIpc) is 1.61. The summed E-state index contributed by atoms with van der Waals surface area (Å²) in [5, 5.41) is 82.1. The number of aromatic nitrogens is 12. The highest BCUT2D eigenvalue weighted by atomic mass is 35.5. The number of aliphatic hydroxyl groups excluding tert-OH is 6. The fourth-order valence-electron chi connectivity index (χ4n) is 14.8. The number of hydrogen-bond acceptors (Lipinski definition) is 36. The Bertz CT molecular complexity index is 7420. The zero-order chi connectivity index (χ0) is 100. The van der Waals surface area contributed by atoms with Crippen LogP contribution in [0, 0.1) is 0 Å². The molecule has 142 heavy (non-hydrogen) atoms. The van der Waals surface area contributed by atoms with E-state index in [1.54, 1.807) is 93.1 Å². The highest BCUT2D eigenvalue weighted by Gasteiger charge is 2.30. The minimum Gasteiger partial charge on any atom is -0.506 e. The molecule has 0 aromatic carbocycles. The number of piperazine rings is 2.